The van der Waals surface area contributed by atoms with Gasteiger partial charge in [0.25, 0.3) is 11.6 Å². The van der Waals surface area contributed by atoms with Gasteiger partial charge in [-0.15, -0.1) is 11.3 Å². The largest absolute Gasteiger partial charge is 0.336 e. The van der Waals surface area contributed by atoms with Crippen molar-refractivity contribution in [3.63, 3.8) is 0 Å². The summed E-state index contributed by atoms with van der Waals surface area (Å²) >= 11 is 1.64. The first-order valence-electron chi connectivity index (χ1n) is 9.91. The van der Waals surface area contributed by atoms with Gasteiger partial charge in [-0.3, -0.25) is 14.9 Å². The van der Waals surface area contributed by atoms with Crippen molar-refractivity contribution in [1.82, 2.24) is 9.21 Å². The third kappa shape index (κ3) is 3.75. The molecule has 0 saturated carbocycles. The Morgan fingerprint density at radius 2 is 1.90 bits per heavy atom. The van der Waals surface area contributed by atoms with Gasteiger partial charge in [0.1, 0.15) is 0 Å². The van der Waals surface area contributed by atoms with E-state index in [-0.39, 0.29) is 37.0 Å². The average molecular weight is 450 g/mol. The lowest BCUT2D eigenvalue weighted by Gasteiger charge is -2.34. The molecule has 1 aliphatic heterocycles. The summed E-state index contributed by atoms with van der Waals surface area (Å²) in [6, 6.07) is 5.35. The van der Waals surface area contributed by atoms with Crippen molar-refractivity contribution in [3.05, 3.63) is 55.8 Å². The maximum atomic E-state index is 13.1. The Labute approximate surface area is 179 Å². The number of nitrogens with zero attached hydrogens (tertiary/aromatic N) is 3. The smallest absolute Gasteiger partial charge is 0.289 e. The molecule has 1 aromatic carbocycles. The molecule has 0 spiro atoms. The summed E-state index contributed by atoms with van der Waals surface area (Å²) in [6.07, 6.45) is 2.99. The van der Waals surface area contributed by atoms with Gasteiger partial charge in [0.05, 0.1) is 10.5 Å². The third-order valence-electron chi connectivity index (χ3n) is 5.84. The fraction of sp³-hybridized carbons (Fsp3) is 0.450. The fourth-order valence-corrected chi connectivity index (χ4v) is 6.94. The Hall–Kier alpha value is -2.30. The average Bonchev–Trinajstić information content (AvgIpc) is 3.16. The molecule has 2 aliphatic rings. The number of fused-ring (bicyclic) bond motifs is 1. The SMILES string of the molecule is CC1CCc2c(C(=O)N3CCN(S(=O)(=O)c4ccccc4[N+](=O)[O-])CC3)csc2C1. The number of nitro benzene ring substituents is 1. The predicted molar refractivity (Wildman–Crippen MR) is 113 cm³/mol. The van der Waals surface area contributed by atoms with E-state index in [4.69, 9.17) is 0 Å². The number of hydrogen-bond acceptors (Lipinski definition) is 6. The molecule has 1 unspecified atom stereocenters. The summed E-state index contributed by atoms with van der Waals surface area (Å²) in [5.41, 5.74) is 1.46. The normalized spacial score (nSPS) is 20.0. The van der Waals surface area contributed by atoms with Crippen LogP contribution in [-0.2, 0) is 22.9 Å². The van der Waals surface area contributed by atoms with Crippen LogP contribution in [0, 0.1) is 16.0 Å². The standard InChI is InChI=1S/C20H23N3O5S2/c1-14-6-7-15-16(13-29-18(15)12-14)20(24)21-8-10-22(11-9-21)30(27,28)19-5-3-2-4-17(19)23(25)26/h2-5,13-14H,6-12H2,1H3. The molecule has 160 valence electrons. The van der Waals surface area contributed by atoms with E-state index < -0.39 is 20.6 Å². The number of rotatable bonds is 4. The second-order valence-corrected chi connectivity index (χ2v) is 10.7. The second kappa shape index (κ2) is 8.09. The maximum Gasteiger partial charge on any atom is 0.289 e. The van der Waals surface area contributed by atoms with Crippen molar-refractivity contribution < 1.29 is 18.1 Å². The van der Waals surface area contributed by atoms with E-state index in [1.165, 1.54) is 33.4 Å². The summed E-state index contributed by atoms with van der Waals surface area (Å²) in [5.74, 6) is 0.583. The number of carbonyl (C=O) groups is 1. The van der Waals surface area contributed by atoms with Crippen molar-refractivity contribution in [2.24, 2.45) is 5.92 Å². The number of amides is 1. The van der Waals surface area contributed by atoms with Crippen LogP contribution in [0.25, 0.3) is 0 Å². The number of piperazine rings is 1. The quantitative estimate of drug-likeness (QED) is 0.528. The minimum atomic E-state index is -4.01. The molecule has 1 amide bonds. The van der Waals surface area contributed by atoms with Gasteiger partial charge in [-0.2, -0.15) is 4.31 Å². The first kappa shape index (κ1) is 21.0. The van der Waals surface area contributed by atoms with Crippen molar-refractivity contribution >= 4 is 33.0 Å². The number of para-hydroxylation sites is 1. The summed E-state index contributed by atoms with van der Waals surface area (Å²) in [5, 5.41) is 13.2. The predicted octanol–water partition coefficient (Wildman–Crippen LogP) is 2.93. The van der Waals surface area contributed by atoms with Crippen molar-refractivity contribution in [3.8, 4) is 0 Å². The van der Waals surface area contributed by atoms with E-state index in [0.29, 0.717) is 5.92 Å². The molecule has 2 aromatic rings. The number of thiophene rings is 1. The molecule has 8 nitrogen and oxygen atoms in total. The van der Waals surface area contributed by atoms with Gasteiger partial charge >= 0.3 is 0 Å². The molecule has 4 rings (SSSR count). The highest BCUT2D eigenvalue weighted by Gasteiger charge is 2.35. The number of benzene rings is 1. The fourth-order valence-electron chi connectivity index (χ4n) is 4.12. The highest BCUT2D eigenvalue weighted by molar-refractivity contribution is 7.89. The van der Waals surface area contributed by atoms with E-state index in [9.17, 15) is 23.3 Å². The third-order valence-corrected chi connectivity index (χ3v) is 8.83. The van der Waals surface area contributed by atoms with Crippen molar-refractivity contribution in [2.75, 3.05) is 26.2 Å². The van der Waals surface area contributed by atoms with Gasteiger partial charge in [-0.05, 0) is 36.8 Å². The van der Waals surface area contributed by atoms with E-state index >= 15 is 0 Å². The molecule has 0 radical (unpaired) electrons. The van der Waals surface area contributed by atoms with Crippen molar-refractivity contribution in [2.45, 2.75) is 31.1 Å². The lowest BCUT2D eigenvalue weighted by Crippen LogP contribution is -2.50. The van der Waals surface area contributed by atoms with E-state index in [2.05, 4.69) is 6.92 Å². The number of nitro groups is 1. The Kier molecular flexibility index (Phi) is 5.65. The van der Waals surface area contributed by atoms with Gasteiger partial charge in [0.2, 0.25) is 10.0 Å². The Balaban J connectivity index is 1.48. The highest BCUT2D eigenvalue weighted by Crippen LogP contribution is 2.34. The van der Waals surface area contributed by atoms with E-state index in [1.54, 1.807) is 16.2 Å². The molecular formula is C20H23N3O5S2. The molecule has 1 saturated heterocycles. The van der Waals surface area contributed by atoms with Crippen LogP contribution in [0.15, 0.2) is 34.5 Å². The van der Waals surface area contributed by atoms with Crippen LogP contribution in [0.3, 0.4) is 0 Å². The first-order chi connectivity index (χ1) is 14.3. The van der Waals surface area contributed by atoms with Crippen LogP contribution in [0.1, 0.15) is 34.1 Å². The van der Waals surface area contributed by atoms with Crippen LogP contribution in [0.4, 0.5) is 5.69 Å². The van der Waals surface area contributed by atoms with Crippen LogP contribution in [0.2, 0.25) is 0 Å². The molecule has 1 aromatic heterocycles. The van der Waals surface area contributed by atoms with Crippen LogP contribution < -0.4 is 0 Å². The highest BCUT2D eigenvalue weighted by atomic mass is 32.2. The number of sulfonamides is 1. The molecule has 30 heavy (non-hydrogen) atoms. The summed E-state index contributed by atoms with van der Waals surface area (Å²) in [6.45, 7) is 2.98. The molecule has 2 heterocycles. The lowest BCUT2D eigenvalue weighted by atomic mass is 9.88. The minimum Gasteiger partial charge on any atom is -0.336 e. The van der Waals surface area contributed by atoms with E-state index in [0.717, 1.165) is 30.4 Å². The van der Waals surface area contributed by atoms with Gasteiger partial charge in [-0.1, -0.05) is 19.1 Å². The van der Waals surface area contributed by atoms with Gasteiger partial charge in [-0.25, -0.2) is 8.42 Å². The number of hydrogen-bond donors (Lipinski definition) is 0. The van der Waals surface area contributed by atoms with Crippen LogP contribution in [-0.4, -0.2) is 54.6 Å². The number of carbonyl (C=O) groups excluding carboxylic acids is 1. The van der Waals surface area contributed by atoms with Gasteiger partial charge in [0.15, 0.2) is 4.90 Å². The molecule has 0 bridgehead atoms. The molecular weight excluding hydrogens is 426 g/mol. The summed E-state index contributed by atoms with van der Waals surface area (Å²) in [7, 11) is -4.01. The molecule has 10 heteroatoms. The Morgan fingerprint density at radius 1 is 1.20 bits per heavy atom. The van der Waals surface area contributed by atoms with Crippen molar-refractivity contribution in [1.29, 1.82) is 0 Å². The Bertz CT molecular complexity index is 1090. The Morgan fingerprint density at radius 3 is 2.60 bits per heavy atom. The second-order valence-electron chi connectivity index (χ2n) is 7.82. The molecule has 1 atom stereocenters. The summed E-state index contributed by atoms with van der Waals surface area (Å²) < 4.78 is 27.1. The van der Waals surface area contributed by atoms with Gasteiger partial charge in [0, 0.05) is 42.5 Å². The maximum absolute atomic E-state index is 13.1. The van der Waals surface area contributed by atoms with E-state index in [1.807, 2.05) is 5.38 Å². The molecule has 0 N–H and O–H groups in total. The monoisotopic (exact) mass is 449 g/mol. The first-order valence-corrected chi connectivity index (χ1v) is 12.2. The molecule has 1 fully saturated rings. The van der Waals surface area contributed by atoms with Crippen LogP contribution in [0.5, 0.6) is 0 Å². The van der Waals surface area contributed by atoms with Crippen LogP contribution >= 0.6 is 11.3 Å². The summed E-state index contributed by atoms with van der Waals surface area (Å²) in [4.78, 5) is 26.3. The zero-order chi connectivity index (χ0) is 21.5. The molecule has 1 aliphatic carbocycles. The topological polar surface area (TPSA) is 101 Å². The lowest BCUT2D eigenvalue weighted by molar-refractivity contribution is -0.387. The van der Waals surface area contributed by atoms with Gasteiger partial charge < -0.3 is 4.90 Å². The zero-order valence-electron chi connectivity index (χ0n) is 16.6. The zero-order valence-corrected chi connectivity index (χ0v) is 18.2. The minimum absolute atomic E-state index is 0.0511.